The molecule has 0 aliphatic carbocycles. The summed E-state index contributed by atoms with van der Waals surface area (Å²) < 4.78 is 0. The second-order valence-corrected chi connectivity index (χ2v) is 5.33. The van der Waals surface area contributed by atoms with Gasteiger partial charge in [-0.1, -0.05) is 33.1 Å². The van der Waals surface area contributed by atoms with E-state index in [1.165, 1.54) is 31.7 Å². The number of benzene rings is 1. The fourth-order valence-corrected chi connectivity index (χ4v) is 2.27. The summed E-state index contributed by atoms with van der Waals surface area (Å²) in [7, 11) is 0. The van der Waals surface area contributed by atoms with Crippen molar-refractivity contribution in [3.63, 3.8) is 0 Å². The van der Waals surface area contributed by atoms with E-state index in [2.05, 4.69) is 26.1 Å². The minimum Gasteiger partial charge on any atom is -0.508 e. The molecule has 3 N–H and O–H groups in total. The third-order valence-corrected chi connectivity index (χ3v) is 3.68. The molecule has 3 heteroatoms. The number of phenols is 2. The first kappa shape index (κ1) is 15.8. The number of aromatic hydroxyl groups is 2. The largest absolute Gasteiger partial charge is 0.508 e. The van der Waals surface area contributed by atoms with Crippen molar-refractivity contribution in [2.45, 2.75) is 52.5 Å². The third kappa shape index (κ3) is 5.52. The highest BCUT2D eigenvalue weighted by atomic mass is 16.3. The first-order valence-electron chi connectivity index (χ1n) is 7.33. The van der Waals surface area contributed by atoms with E-state index in [9.17, 15) is 10.2 Å². The van der Waals surface area contributed by atoms with Crippen LogP contribution in [0.15, 0.2) is 18.2 Å². The summed E-state index contributed by atoms with van der Waals surface area (Å²) in [4.78, 5) is 0. The van der Waals surface area contributed by atoms with Crippen molar-refractivity contribution < 1.29 is 10.2 Å². The molecule has 0 aromatic heterocycles. The molecule has 0 saturated carbocycles. The minimum atomic E-state index is 0.113. The van der Waals surface area contributed by atoms with Crippen LogP contribution in [0.1, 0.15) is 58.1 Å². The van der Waals surface area contributed by atoms with Gasteiger partial charge >= 0.3 is 0 Å². The van der Waals surface area contributed by atoms with Crippen LogP contribution in [0.3, 0.4) is 0 Å². The molecule has 0 fully saturated rings. The Morgan fingerprint density at radius 3 is 2.26 bits per heavy atom. The van der Waals surface area contributed by atoms with Crippen LogP contribution in [-0.4, -0.2) is 16.8 Å². The summed E-state index contributed by atoms with van der Waals surface area (Å²) in [5.41, 5.74) is 0.919. The third-order valence-electron chi connectivity index (χ3n) is 3.68. The molecule has 0 saturated heterocycles. The van der Waals surface area contributed by atoms with E-state index < -0.39 is 0 Å². The van der Waals surface area contributed by atoms with Crippen molar-refractivity contribution in [2.24, 2.45) is 5.92 Å². The topological polar surface area (TPSA) is 52.5 Å². The van der Waals surface area contributed by atoms with Gasteiger partial charge in [0.05, 0.1) is 0 Å². The SMILES string of the molecule is CCCCC(CC)CNC(C)c1cc(O)cc(O)c1. The summed E-state index contributed by atoms with van der Waals surface area (Å²) in [5, 5.41) is 22.5. The average molecular weight is 265 g/mol. The molecule has 0 bridgehead atoms. The normalized spacial score (nSPS) is 14.3. The van der Waals surface area contributed by atoms with Crippen LogP contribution in [0, 0.1) is 5.92 Å². The maximum Gasteiger partial charge on any atom is 0.119 e. The summed E-state index contributed by atoms with van der Waals surface area (Å²) in [5.74, 6) is 0.927. The summed E-state index contributed by atoms with van der Waals surface area (Å²) >= 11 is 0. The van der Waals surface area contributed by atoms with Crippen LogP contribution >= 0.6 is 0 Å². The van der Waals surface area contributed by atoms with Gasteiger partial charge in [-0.25, -0.2) is 0 Å². The molecule has 2 atom stereocenters. The molecule has 19 heavy (non-hydrogen) atoms. The molecule has 0 radical (unpaired) electrons. The smallest absolute Gasteiger partial charge is 0.119 e. The van der Waals surface area contributed by atoms with Gasteiger partial charge in [0.2, 0.25) is 0 Å². The molecular formula is C16H27NO2. The summed E-state index contributed by atoms with van der Waals surface area (Å²) in [6, 6.07) is 4.88. The van der Waals surface area contributed by atoms with Crippen LogP contribution in [0.2, 0.25) is 0 Å². The van der Waals surface area contributed by atoms with Crippen molar-refractivity contribution in [3.8, 4) is 11.5 Å². The van der Waals surface area contributed by atoms with E-state index in [-0.39, 0.29) is 17.5 Å². The standard InChI is InChI=1S/C16H27NO2/c1-4-6-7-13(5-2)11-17-12(3)14-8-15(18)10-16(19)9-14/h8-10,12-13,17-19H,4-7,11H2,1-3H3. The van der Waals surface area contributed by atoms with Gasteiger partial charge in [0.15, 0.2) is 0 Å². The molecule has 108 valence electrons. The van der Waals surface area contributed by atoms with E-state index in [1.54, 1.807) is 12.1 Å². The van der Waals surface area contributed by atoms with E-state index >= 15 is 0 Å². The predicted molar refractivity (Wildman–Crippen MR) is 79.5 cm³/mol. The lowest BCUT2D eigenvalue weighted by Crippen LogP contribution is -2.25. The monoisotopic (exact) mass is 265 g/mol. The number of hydrogen-bond donors (Lipinski definition) is 3. The van der Waals surface area contributed by atoms with E-state index in [0.29, 0.717) is 5.92 Å². The highest BCUT2D eigenvalue weighted by molar-refractivity contribution is 5.37. The second kappa shape index (κ2) is 8.05. The number of nitrogens with one attached hydrogen (secondary N) is 1. The maximum absolute atomic E-state index is 9.49. The van der Waals surface area contributed by atoms with E-state index in [1.807, 2.05) is 0 Å². The van der Waals surface area contributed by atoms with Crippen LogP contribution in [0.5, 0.6) is 11.5 Å². The number of hydrogen-bond acceptors (Lipinski definition) is 3. The van der Waals surface area contributed by atoms with Gasteiger partial charge in [0, 0.05) is 12.1 Å². The predicted octanol–water partition coefficient (Wildman–Crippen LogP) is 3.96. The van der Waals surface area contributed by atoms with E-state index in [0.717, 1.165) is 12.1 Å². The zero-order chi connectivity index (χ0) is 14.3. The van der Waals surface area contributed by atoms with E-state index in [4.69, 9.17) is 0 Å². The number of unbranched alkanes of at least 4 members (excludes halogenated alkanes) is 1. The molecule has 1 aromatic rings. The Morgan fingerprint density at radius 2 is 1.74 bits per heavy atom. The Kier molecular flexibility index (Phi) is 6.71. The number of phenolic OH excluding ortho intramolecular Hbond substituents is 2. The highest BCUT2D eigenvalue weighted by Crippen LogP contribution is 2.25. The van der Waals surface area contributed by atoms with Crippen LogP contribution in [-0.2, 0) is 0 Å². The van der Waals surface area contributed by atoms with Gasteiger partial charge < -0.3 is 15.5 Å². The lowest BCUT2D eigenvalue weighted by atomic mass is 9.98. The molecule has 1 rings (SSSR count). The Hall–Kier alpha value is -1.22. The minimum absolute atomic E-state index is 0.113. The first-order valence-corrected chi connectivity index (χ1v) is 7.33. The Bertz CT molecular complexity index is 359. The number of rotatable bonds is 8. The maximum atomic E-state index is 9.49. The summed E-state index contributed by atoms with van der Waals surface area (Å²) in [6.07, 6.45) is 4.97. The Morgan fingerprint density at radius 1 is 1.11 bits per heavy atom. The van der Waals surface area contributed by atoms with Crippen molar-refractivity contribution >= 4 is 0 Å². The first-order chi connectivity index (χ1) is 9.06. The Labute approximate surface area is 116 Å². The lowest BCUT2D eigenvalue weighted by molar-refractivity contribution is 0.396. The zero-order valence-electron chi connectivity index (χ0n) is 12.3. The molecule has 1 aromatic carbocycles. The quantitative estimate of drug-likeness (QED) is 0.666. The van der Waals surface area contributed by atoms with Crippen molar-refractivity contribution in [3.05, 3.63) is 23.8 Å². The van der Waals surface area contributed by atoms with Crippen LogP contribution in [0.25, 0.3) is 0 Å². The molecule has 0 aliphatic rings. The molecule has 2 unspecified atom stereocenters. The lowest BCUT2D eigenvalue weighted by Gasteiger charge is -2.20. The van der Waals surface area contributed by atoms with Crippen molar-refractivity contribution in [2.75, 3.05) is 6.54 Å². The van der Waals surface area contributed by atoms with Gasteiger partial charge in [0.1, 0.15) is 11.5 Å². The molecule has 3 nitrogen and oxygen atoms in total. The second-order valence-electron chi connectivity index (χ2n) is 5.33. The molecule has 0 spiro atoms. The van der Waals surface area contributed by atoms with Gasteiger partial charge in [-0.15, -0.1) is 0 Å². The van der Waals surface area contributed by atoms with Crippen molar-refractivity contribution in [1.29, 1.82) is 0 Å². The van der Waals surface area contributed by atoms with Gasteiger partial charge in [0.25, 0.3) is 0 Å². The molecule has 0 aliphatic heterocycles. The van der Waals surface area contributed by atoms with Crippen molar-refractivity contribution in [1.82, 2.24) is 5.32 Å². The Balaban J connectivity index is 2.51. The van der Waals surface area contributed by atoms with Crippen LogP contribution in [0.4, 0.5) is 0 Å². The fourth-order valence-electron chi connectivity index (χ4n) is 2.27. The molecule has 0 amide bonds. The highest BCUT2D eigenvalue weighted by Gasteiger charge is 2.11. The summed E-state index contributed by atoms with van der Waals surface area (Å²) in [6.45, 7) is 7.49. The van der Waals surface area contributed by atoms with Gasteiger partial charge in [-0.3, -0.25) is 0 Å². The molecular weight excluding hydrogens is 238 g/mol. The van der Waals surface area contributed by atoms with Gasteiger partial charge in [-0.05, 0) is 43.5 Å². The van der Waals surface area contributed by atoms with Crippen LogP contribution < -0.4 is 5.32 Å². The average Bonchev–Trinajstić information content (AvgIpc) is 2.37. The fraction of sp³-hybridized carbons (Fsp3) is 0.625. The zero-order valence-corrected chi connectivity index (χ0v) is 12.3. The van der Waals surface area contributed by atoms with Gasteiger partial charge in [-0.2, -0.15) is 0 Å². The molecule has 0 heterocycles.